The number of carbonyl (C=O) groups is 7. The van der Waals surface area contributed by atoms with Crippen LogP contribution in [-0.4, -0.2) is 113 Å². The van der Waals surface area contributed by atoms with E-state index < -0.39 is 11.9 Å². The Kier molecular flexibility index (Phi) is 50.4. The molecule has 6 rings (SSSR count). The van der Waals surface area contributed by atoms with Crippen molar-refractivity contribution in [2.24, 2.45) is 11.8 Å². The highest BCUT2D eigenvalue weighted by Crippen LogP contribution is 2.32. The van der Waals surface area contributed by atoms with Crippen LogP contribution in [-0.2, 0) is 52.4 Å². The predicted molar refractivity (Wildman–Crippen MR) is 436 cm³/mol. The maximum absolute atomic E-state index is 13.0. The SMILES string of the molecule is C=CC(=O)OCCCCCCCCCCCOC1CCC(C(=O)Oc2ccc(OC(=O)c3ccc(OCCCCCCCCCCCOCCC(=O)OCCCCCCCCCCCOc4ccc(C(=O)Oc5ccc(OC(=O)C6CCC(OCCCCCCCCCCCOC(=O)C=C)CC6)cc5)cc4)cc3)cc2)CC1. The second kappa shape index (κ2) is 60.7. The van der Waals surface area contributed by atoms with Gasteiger partial charge in [-0.2, -0.15) is 0 Å². The molecule has 0 aromatic heterocycles. The summed E-state index contributed by atoms with van der Waals surface area (Å²) in [4.78, 5) is 86.2. The molecule has 2 aliphatic rings. The molecule has 4 aromatic rings. The van der Waals surface area contributed by atoms with Gasteiger partial charge in [0.2, 0.25) is 0 Å². The van der Waals surface area contributed by atoms with Crippen molar-refractivity contribution >= 4 is 41.8 Å². The summed E-state index contributed by atoms with van der Waals surface area (Å²) >= 11 is 0. The van der Waals surface area contributed by atoms with E-state index in [2.05, 4.69) is 13.2 Å². The first-order valence-corrected chi connectivity index (χ1v) is 43.0. The van der Waals surface area contributed by atoms with Gasteiger partial charge in [-0.15, -0.1) is 0 Å². The van der Waals surface area contributed by atoms with Gasteiger partial charge in [0, 0.05) is 32.0 Å². The van der Waals surface area contributed by atoms with Gasteiger partial charge in [-0.1, -0.05) is 193 Å². The van der Waals surface area contributed by atoms with E-state index in [0.717, 1.165) is 180 Å². The van der Waals surface area contributed by atoms with Crippen molar-refractivity contribution in [3.8, 4) is 34.5 Å². The van der Waals surface area contributed by atoms with Crippen molar-refractivity contribution in [3.63, 3.8) is 0 Å². The third-order valence-corrected chi connectivity index (χ3v) is 20.8. The molecule has 2 fully saturated rings. The summed E-state index contributed by atoms with van der Waals surface area (Å²) in [5.41, 5.74) is 0.820. The number of benzene rings is 4. The van der Waals surface area contributed by atoms with Crippen LogP contribution in [0.25, 0.3) is 0 Å². The Morgan fingerprint density at radius 3 is 0.848 bits per heavy atom. The largest absolute Gasteiger partial charge is 0.494 e. The van der Waals surface area contributed by atoms with Crippen LogP contribution >= 0.6 is 0 Å². The minimum atomic E-state index is -0.485. The van der Waals surface area contributed by atoms with E-state index >= 15 is 0 Å². The number of ether oxygens (including phenoxy) is 12. The molecule has 0 atom stereocenters. The van der Waals surface area contributed by atoms with Gasteiger partial charge in [-0.05, 0) is 200 Å². The zero-order chi connectivity index (χ0) is 79.4. The Hall–Kier alpha value is -7.87. The Bertz CT molecular complexity index is 3190. The molecule has 0 bridgehead atoms. The lowest BCUT2D eigenvalue weighted by Gasteiger charge is -2.27. The van der Waals surface area contributed by atoms with Crippen molar-refractivity contribution in [2.75, 3.05) is 59.5 Å². The lowest BCUT2D eigenvalue weighted by Crippen LogP contribution is -2.29. The van der Waals surface area contributed by atoms with E-state index in [4.69, 9.17) is 56.8 Å². The highest BCUT2D eigenvalue weighted by Gasteiger charge is 2.30. The standard InChI is InChI=1S/C93H134O19/c1-3-87(94)106-71-38-30-22-14-6-11-19-27-35-68-103-80-51-43-76(44-52-80)91(98)110-84-59-57-83(58-60-84)109-90(97)75-41-49-79(50-42-75)102-67-34-26-18-10-5-9-17-25-33-66-101-74-65-89(96)108-73-40-32-24-16-8-13-21-29-37-70-105-82-55-47-78(48-56-82)93(100)112-86-63-61-85(62-64-86)111-92(99)77-45-53-81(54-46-77)104-69-36-28-20-12-7-15-23-31-39-72-107-88(95)4-2/h3-4,41-42,47-50,55-64,76-77,80-81H,1-2,5-40,43-46,51-54,65-74H2. The van der Waals surface area contributed by atoms with Gasteiger partial charge in [-0.3, -0.25) is 14.4 Å². The maximum atomic E-state index is 13.0. The van der Waals surface area contributed by atoms with Gasteiger partial charge in [0.15, 0.2) is 0 Å². The van der Waals surface area contributed by atoms with E-state index in [0.29, 0.717) is 98.3 Å². The summed E-state index contributed by atoms with van der Waals surface area (Å²) in [7, 11) is 0. The van der Waals surface area contributed by atoms with E-state index in [1.807, 2.05) is 0 Å². The van der Waals surface area contributed by atoms with E-state index in [9.17, 15) is 33.6 Å². The maximum Gasteiger partial charge on any atom is 0.343 e. The quantitative estimate of drug-likeness (QED) is 0.0131. The van der Waals surface area contributed by atoms with E-state index in [1.165, 1.54) is 128 Å². The third-order valence-electron chi connectivity index (χ3n) is 20.8. The number of esters is 7. The fourth-order valence-corrected chi connectivity index (χ4v) is 13.9. The summed E-state index contributed by atoms with van der Waals surface area (Å²) in [6.07, 6.45) is 49.9. The summed E-state index contributed by atoms with van der Waals surface area (Å²) < 4.78 is 68.0. The highest BCUT2D eigenvalue weighted by molar-refractivity contribution is 5.92. The zero-order valence-electron chi connectivity index (χ0n) is 67.6. The molecule has 0 spiro atoms. The first-order chi connectivity index (χ1) is 54.9. The molecule has 0 aliphatic heterocycles. The van der Waals surface area contributed by atoms with Gasteiger partial charge < -0.3 is 56.8 Å². The van der Waals surface area contributed by atoms with Gasteiger partial charge >= 0.3 is 41.8 Å². The molecule has 0 unspecified atom stereocenters. The number of unbranched alkanes of at least 4 members (excludes halogenated alkanes) is 32. The second-order valence-corrected chi connectivity index (χ2v) is 30.1. The molecular formula is C93H134O19. The molecule has 4 aromatic carbocycles. The van der Waals surface area contributed by atoms with Crippen LogP contribution < -0.4 is 28.4 Å². The monoisotopic (exact) mass is 1550 g/mol. The number of hydrogen-bond acceptors (Lipinski definition) is 19. The van der Waals surface area contributed by atoms with Crippen molar-refractivity contribution < 1.29 is 90.4 Å². The van der Waals surface area contributed by atoms with Crippen LogP contribution in [0.5, 0.6) is 34.5 Å². The summed E-state index contributed by atoms with van der Waals surface area (Å²) in [5.74, 6) is 0.319. The van der Waals surface area contributed by atoms with Crippen molar-refractivity contribution in [3.05, 3.63) is 133 Å². The molecule has 2 saturated carbocycles. The Morgan fingerprint density at radius 2 is 0.536 bits per heavy atom. The van der Waals surface area contributed by atoms with Crippen LogP contribution in [0.3, 0.4) is 0 Å². The van der Waals surface area contributed by atoms with Crippen LogP contribution in [0.1, 0.15) is 310 Å². The third kappa shape index (κ3) is 44.0. The van der Waals surface area contributed by atoms with Gasteiger partial charge in [0.25, 0.3) is 0 Å². The van der Waals surface area contributed by atoms with Gasteiger partial charge in [-0.25, -0.2) is 19.2 Å². The Labute approximate surface area is 669 Å². The minimum Gasteiger partial charge on any atom is -0.494 e. The predicted octanol–water partition coefficient (Wildman–Crippen LogP) is 22.0. The fraction of sp³-hybridized carbons (Fsp3) is 0.624. The Balaban J connectivity index is 0.630. The van der Waals surface area contributed by atoms with Crippen molar-refractivity contribution in [1.29, 1.82) is 0 Å². The average molecular weight is 1560 g/mol. The summed E-state index contributed by atoms with van der Waals surface area (Å²) in [6, 6.07) is 27.1. The number of hydrogen-bond donors (Lipinski definition) is 0. The number of carbonyl (C=O) groups excluding carboxylic acids is 7. The lowest BCUT2D eigenvalue weighted by atomic mass is 9.87. The van der Waals surface area contributed by atoms with Crippen molar-refractivity contribution in [1.82, 2.24) is 0 Å². The van der Waals surface area contributed by atoms with Crippen LogP contribution in [0, 0.1) is 11.8 Å². The first kappa shape index (κ1) is 93.0. The Morgan fingerprint density at radius 1 is 0.277 bits per heavy atom. The molecule has 0 N–H and O–H groups in total. The molecule has 19 heteroatoms. The van der Waals surface area contributed by atoms with Crippen LogP contribution in [0.4, 0.5) is 0 Å². The smallest absolute Gasteiger partial charge is 0.343 e. The fourth-order valence-electron chi connectivity index (χ4n) is 13.9. The first-order valence-electron chi connectivity index (χ1n) is 43.0. The van der Waals surface area contributed by atoms with Crippen molar-refractivity contribution in [2.45, 2.75) is 301 Å². The number of rotatable bonds is 65. The van der Waals surface area contributed by atoms with Gasteiger partial charge in [0.05, 0.1) is 81.2 Å². The molecule has 112 heavy (non-hydrogen) atoms. The average Bonchev–Trinajstić information content (AvgIpc) is 0.862. The molecule has 0 saturated heterocycles. The van der Waals surface area contributed by atoms with Crippen LogP contribution in [0.15, 0.2) is 122 Å². The molecule has 0 amide bonds. The summed E-state index contributed by atoms with van der Waals surface area (Å²) in [5, 5.41) is 0. The molecular weight excluding hydrogens is 1420 g/mol. The normalized spacial score (nSPS) is 15.3. The van der Waals surface area contributed by atoms with Gasteiger partial charge in [0.1, 0.15) is 34.5 Å². The molecule has 0 heterocycles. The van der Waals surface area contributed by atoms with E-state index in [1.54, 1.807) is 97.1 Å². The highest BCUT2D eigenvalue weighted by atomic mass is 16.6. The molecule has 620 valence electrons. The molecule has 0 radical (unpaired) electrons. The lowest BCUT2D eigenvalue weighted by molar-refractivity contribution is -0.145. The zero-order valence-corrected chi connectivity index (χ0v) is 67.6. The topological polar surface area (TPSA) is 230 Å². The minimum absolute atomic E-state index is 0.160. The second-order valence-electron chi connectivity index (χ2n) is 30.1. The van der Waals surface area contributed by atoms with E-state index in [-0.39, 0.29) is 53.9 Å². The molecule has 2 aliphatic carbocycles. The molecule has 19 nitrogen and oxygen atoms in total. The summed E-state index contributed by atoms with van der Waals surface area (Å²) in [6.45, 7) is 12.0. The van der Waals surface area contributed by atoms with Crippen LogP contribution in [0.2, 0.25) is 0 Å².